The zero-order chi connectivity index (χ0) is 33.3. The average molecular weight is 658 g/mol. The molecule has 6 heteroatoms. The summed E-state index contributed by atoms with van der Waals surface area (Å²) in [5, 5.41) is 6.87. The smallest absolute Gasteiger partial charge is 0.235 e. The highest BCUT2D eigenvalue weighted by molar-refractivity contribution is 7.20. The molecular weight excluding hydrogens is 627 g/mol. The molecule has 3 heterocycles. The van der Waals surface area contributed by atoms with Crippen molar-refractivity contribution in [1.29, 1.82) is 0 Å². The number of benzene rings is 6. The van der Waals surface area contributed by atoms with E-state index in [1.165, 1.54) is 15.6 Å². The van der Waals surface area contributed by atoms with Crippen LogP contribution in [0.2, 0.25) is 0 Å². The predicted molar refractivity (Wildman–Crippen MR) is 206 cm³/mol. The number of hydrogen-bond donors (Lipinski definition) is 0. The molecule has 0 saturated heterocycles. The normalized spacial score (nSPS) is 11.6. The van der Waals surface area contributed by atoms with Crippen LogP contribution in [0.1, 0.15) is 0 Å². The summed E-state index contributed by atoms with van der Waals surface area (Å²) in [4.78, 5) is 21.1. The fourth-order valence-corrected chi connectivity index (χ4v) is 12.1. The molecule has 0 saturated carbocycles. The maximum Gasteiger partial charge on any atom is 0.235 e. The van der Waals surface area contributed by atoms with Crippen molar-refractivity contribution in [2.45, 2.75) is 0 Å². The highest BCUT2D eigenvalue weighted by atomic mass is 28.3. The van der Waals surface area contributed by atoms with Crippen LogP contribution >= 0.6 is 0 Å². The summed E-state index contributed by atoms with van der Waals surface area (Å²) in [7, 11) is -3.21. The molecule has 0 unspecified atom stereocenters. The Hall–Kier alpha value is -6.50. The van der Waals surface area contributed by atoms with Crippen molar-refractivity contribution < 1.29 is 0 Å². The van der Waals surface area contributed by atoms with Crippen molar-refractivity contribution in [3.05, 3.63) is 188 Å². The molecule has 0 atom stereocenters. The lowest BCUT2D eigenvalue weighted by Crippen LogP contribution is -2.76. The number of fused-ring (bicyclic) bond motifs is 3. The molecule has 0 aliphatic rings. The van der Waals surface area contributed by atoms with E-state index in [0.29, 0.717) is 11.8 Å². The van der Waals surface area contributed by atoms with Gasteiger partial charge in [-0.3, -0.25) is 4.57 Å². The Morgan fingerprint density at radius 2 is 0.860 bits per heavy atom. The molecule has 0 fully saturated rings. The molecule has 0 N–H and O–H groups in total. The largest absolute Gasteiger partial charge is 0.278 e. The van der Waals surface area contributed by atoms with Gasteiger partial charge in [-0.1, -0.05) is 158 Å². The average Bonchev–Trinajstić information content (AvgIpc) is 3.54. The monoisotopic (exact) mass is 657 g/mol. The first-order valence-corrected chi connectivity index (χ1v) is 18.7. The number of para-hydroxylation sites is 2. The first kappa shape index (κ1) is 29.6. The third-order valence-electron chi connectivity index (χ3n) is 9.49. The van der Waals surface area contributed by atoms with Crippen LogP contribution in [0.5, 0.6) is 0 Å². The topological polar surface area (TPSA) is 56.5 Å². The summed E-state index contributed by atoms with van der Waals surface area (Å²) in [6, 6.07) is 61.8. The maximum absolute atomic E-state index is 5.81. The van der Waals surface area contributed by atoms with Crippen LogP contribution in [0.4, 0.5) is 0 Å². The SMILES string of the molecule is c1ccc(-c2nc(-n3c4ccccc4c4ccccc43)nc([Si](c3ccccc3)(c3ccccc3)c3ccccc3)c2-c2ncccn2)cc1. The van der Waals surface area contributed by atoms with Gasteiger partial charge in [-0.25, -0.2) is 19.9 Å². The standard InChI is InChI=1S/C44H31N5Si/c1-5-18-32(19-6-1)41-40(42-45-30-17-31-46-42)43(48-44(47-41)49-38-28-15-13-26-36(38)37-27-14-16-29-39(37)49)50(33-20-7-2-8-21-33,34-22-9-3-10-23-34)35-24-11-4-12-25-35/h1-31H. The summed E-state index contributed by atoms with van der Waals surface area (Å²) >= 11 is 0. The molecule has 3 aromatic heterocycles. The van der Waals surface area contributed by atoms with Crippen LogP contribution in [-0.4, -0.2) is 32.6 Å². The second-order valence-corrected chi connectivity index (χ2v) is 16.0. The molecule has 5 nitrogen and oxygen atoms in total. The van der Waals surface area contributed by atoms with E-state index in [1.807, 2.05) is 12.1 Å². The van der Waals surface area contributed by atoms with Crippen molar-refractivity contribution in [1.82, 2.24) is 24.5 Å². The Morgan fingerprint density at radius 1 is 0.420 bits per heavy atom. The molecule has 9 rings (SSSR count). The van der Waals surface area contributed by atoms with Crippen LogP contribution in [0.25, 0.3) is 50.4 Å². The summed E-state index contributed by atoms with van der Waals surface area (Å²) in [6.45, 7) is 0. The number of nitrogens with zero attached hydrogens (tertiary/aromatic N) is 5. The van der Waals surface area contributed by atoms with Gasteiger partial charge in [-0.15, -0.1) is 0 Å². The van der Waals surface area contributed by atoms with Crippen molar-refractivity contribution in [2.75, 3.05) is 0 Å². The summed E-state index contributed by atoms with van der Waals surface area (Å²) in [6.07, 6.45) is 3.61. The lowest BCUT2D eigenvalue weighted by Gasteiger charge is -2.35. The molecule has 0 aliphatic heterocycles. The van der Waals surface area contributed by atoms with Crippen LogP contribution in [0.15, 0.2) is 188 Å². The predicted octanol–water partition coefficient (Wildman–Crippen LogP) is 7.08. The second kappa shape index (κ2) is 12.5. The minimum atomic E-state index is -3.21. The molecule has 0 amide bonds. The van der Waals surface area contributed by atoms with Gasteiger partial charge in [-0.05, 0) is 33.8 Å². The molecule has 236 valence electrons. The first-order chi connectivity index (χ1) is 24.8. The molecule has 6 aromatic carbocycles. The fraction of sp³-hybridized carbons (Fsp3) is 0. The van der Waals surface area contributed by atoms with Gasteiger partial charge < -0.3 is 0 Å². The summed E-state index contributed by atoms with van der Waals surface area (Å²) < 4.78 is 2.22. The van der Waals surface area contributed by atoms with E-state index >= 15 is 0 Å². The third kappa shape index (κ3) is 4.77. The minimum Gasteiger partial charge on any atom is -0.278 e. The quantitative estimate of drug-likeness (QED) is 0.136. The van der Waals surface area contributed by atoms with Gasteiger partial charge in [0.05, 0.1) is 27.6 Å². The molecule has 0 bridgehead atoms. The number of rotatable bonds is 7. The Labute approximate surface area is 291 Å². The van der Waals surface area contributed by atoms with Crippen molar-refractivity contribution >= 4 is 50.8 Å². The molecule has 9 aromatic rings. The second-order valence-electron chi connectivity index (χ2n) is 12.3. The van der Waals surface area contributed by atoms with Gasteiger partial charge >= 0.3 is 0 Å². The van der Waals surface area contributed by atoms with E-state index in [-0.39, 0.29) is 0 Å². The number of hydrogen-bond acceptors (Lipinski definition) is 4. The van der Waals surface area contributed by atoms with Gasteiger partial charge in [0.1, 0.15) is 0 Å². The molecule has 0 radical (unpaired) electrons. The molecule has 0 spiro atoms. The molecule has 0 aliphatic carbocycles. The van der Waals surface area contributed by atoms with Crippen LogP contribution in [0.3, 0.4) is 0 Å². The molecular formula is C44H31N5Si. The van der Waals surface area contributed by atoms with E-state index in [2.05, 4.69) is 168 Å². The first-order valence-electron chi connectivity index (χ1n) is 16.7. The zero-order valence-electron chi connectivity index (χ0n) is 27.1. The Bertz CT molecular complexity index is 2420. The van der Waals surface area contributed by atoms with E-state index in [0.717, 1.165) is 43.9 Å². The Morgan fingerprint density at radius 3 is 1.36 bits per heavy atom. The van der Waals surface area contributed by atoms with Crippen molar-refractivity contribution in [3.63, 3.8) is 0 Å². The van der Waals surface area contributed by atoms with Gasteiger partial charge in [0.25, 0.3) is 0 Å². The third-order valence-corrected chi connectivity index (χ3v) is 14.2. The highest BCUT2D eigenvalue weighted by Gasteiger charge is 2.46. The van der Waals surface area contributed by atoms with Gasteiger partial charge in [0, 0.05) is 28.7 Å². The van der Waals surface area contributed by atoms with E-state index in [9.17, 15) is 0 Å². The van der Waals surface area contributed by atoms with Crippen molar-refractivity contribution in [3.8, 4) is 28.6 Å². The number of aromatic nitrogens is 5. The van der Waals surface area contributed by atoms with Gasteiger partial charge in [0.2, 0.25) is 14.0 Å². The lowest BCUT2D eigenvalue weighted by atomic mass is 10.1. The zero-order valence-corrected chi connectivity index (χ0v) is 28.1. The maximum atomic E-state index is 5.81. The summed E-state index contributed by atoms with van der Waals surface area (Å²) in [5.41, 5.74) is 4.70. The minimum absolute atomic E-state index is 0.592. The van der Waals surface area contributed by atoms with Crippen LogP contribution in [0, 0.1) is 0 Å². The van der Waals surface area contributed by atoms with Gasteiger partial charge in [-0.2, -0.15) is 0 Å². The highest BCUT2D eigenvalue weighted by Crippen LogP contribution is 2.34. The van der Waals surface area contributed by atoms with Crippen molar-refractivity contribution in [2.24, 2.45) is 0 Å². The van der Waals surface area contributed by atoms with Crippen LogP contribution < -0.4 is 20.9 Å². The Kier molecular flexibility index (Phi) is 7.41. The van der Waals surface area contributed by atoms with E-state index in [1.54, 1.807) is 12.4 Å². The summed E-state index contributed by atoms with van der Waals surface area (Å²) in [5.74, 6) is 1.20. The van der Waals surface area contributed by atoms with Crippen LogP contribution in [-0.2, 0) is 0 Å². The lowest BCUT2D eigenvalue weighted by molar-refractivity contribution is 1.00. The fourth-order valence-electron chi connectivity index (χ4n) is 7.38. The molecule has 50 heavy (non-hydrogen) atoms. The van der Waals surface area contributed by atoms with Gasteiger partial charge in [0.15, 0.2) is 5.82 Å². The van der Waals surface area contributed by atoms with E-state index in [4.69, 9.17) is 19.9 Å². The Balaban J connectivity index is 1.54. The van der Waals surface area contributed by atoms with E-state index < -0.39 is 8.07 Å².